The van der Waals surface area contributed by atoms with Gasteiger partial charge >= 0.3 is 5.97 Å². The molecule has 1 aromatic rings. The lowest BCUT2D eigenvalue weighted by molar-refractivity contribution is -0.131. The van der Waals surface area contributed by atoms with Crippen molar-refractivity contribution in [3.63, 3.8) is 0 Å². The molecule has 0 bridgehead atoms. The summed E-state index contributed by atoms with van der Waals surface area (Å²) in [5, 5.41) is 9.17. The Morgan fingerprint density at radius 3 is 2.40 bits per heavy atom. The number of hydrogen-bond donors (Lipinski definition) is 1. The van der Waals surface area contributed by atoms with Gasteiger partial charge in [0.25, 0.3) is 5.78 Å². The molecule has 0 fully saturated rings. The normalized spacial score (nSPS) is 10.1. The predicted octanol–water partition coefficient (Wildman–Crippen LogP) is 2.82. The van der Waals surface area contributed by atoms with Gasteiger partial charge in [0.1, 0.15) is 0 Å². The lowest BCUT2D eigenvalue weighted by atomic mass is 10.0. The molecular formula is C10H8Cl2O3. The highest BCUT2D eigenvalue weighted by molar-refractivity contribution is 6.42. The zero-order chi connectivity index (χ0) is 11.6. The Bertz CT molecular complexity index is 427. The van der Waals surface area contributed by atoms with E-state index in [-0.39, 0.29) is 10.6 Å². The summed E-state index contributed by atoms with van der Waals surface area (Å²) < 4.78 is 0. The van der Waals surface area contributed by atoms with Gasteiger partial charge < -0.3 is 5.11 Å². The first-order valence-corrected chi connectivity index (χ1v) is 4.98. The lowest BCUT2D eigenvalue weighted by Crippen LogP contribution is -2.15. The first kappa shape index (κ1) is 12.0. The number of carbonyl (C=O) groups is 2. The number of rotatable bonds is 3. The third kappa shape index (κ3) is 2.49. The molecule has 0 unspecified atom stereocenters. The van der Waals surface area contributed by atoms with E-state index in [9.17, 15) is 9.59 Å². The van der Waals surface area contributed by atoms with E-state index >= 15 is 0 Å². The Morgan fingerprint density at radius 1 is 1.33 bits per heavy atom. The van der Waals surface area contributed by atoms with Crippen molar-refractivity contribution in [1.82, 2.24) is 0 Å². The topological polar surface area (TPSA) is 54.4 Å². The summed E-state index contributed by atoms with van der Waals surface area (Å²) in [7, 11) is 0. The summed E-state index contributed by atoms with van der Waals surface area (Å²) in [5.74, 6) is -2.50. The van der Waals surface area contributed by atoms with Crippen LogP contribution in [0.4, 0.5) is 0 Å². The molecule has 0 radical (unpaired) electrons. The third-order valence-electron chi connectivity index (χ3n) is 1.95. The fraction of sp³-hybridized carbons (Fsp3) is 0.200. The van der Waals surface area contributed by atoms with Crippen LogP contribution in [0.2, 0.25) is 10.0 Å². The van der Waals surface area contributed by atoms with Gasteiger partial charge in [0.15, 0.2) is 0 Å². The molecule has 80 valence electrons. The van der Waals surface area contributed by atoms with Gasteiger partial charge in [0.2, 0.25) is 0 Å². The van der Waals surface area contributed by atoms with Gasteiger partial charge in [-0.05, 0) is 24.1 Å². The van der Waals surface area contributed by atoms with Crippen molar-refractivity contribution in [1.29, 1.82) is 0 Å². The van der Waals surface area contributed by atoms with Crippen LogP contribution in [0.3, 0.4) is 0 Å². The van der Waals surface area contributed by atoms with Crippen LogP contribution in [0.5, 0.6) is 0 Å². The number of carboxylic acids is 1. The van der Waals surface area contributed by atoms with Gasteiger partial charge in [-0.2, -0.15) is 0 Å². The van der Waals surface area contributed by atoms with E-state index in [4.69, 9.17) is 28.3 Å². The first-order valence-electron chi connectivity index (χ1n) is 4.23. The summed E-state index contributed by atoms with van der Waals surface area (Å²) in [4.78, 5) is 21.9. The van der Waals surface area contributed by atoms with E-state index in [0.29, 0.717) is 17.0 Å². The van der Waals surface area contributed by atoms with E-state index < -0.39 is 11.8 Å². The van der Waals surface area contributed by atoms with Crippen LogP contribution in [0, 0.1) is 0 Å². The predicted molar refractivity (Wildman–Crippen MR) is 57.8 cm³/mol. The van der Waals surface area contributed by atoms with Crippen molar-refractivity contribution in [2.45, 2.75) is 13.3 Å². The zero-order valence-electron chi connectivity index (χ0n) is 7.88. The van der Waals surface area contributed by atoms with Crippen molar-refractivity contribution in [3.8, 4) is 0 Å². The Balaban J connectivity index is 3.38. The maximum absolute atomic E-state index is 11.3. The molecule has 0 aromatic heterocycles. The summed E-state index contributed by atoms with van der Waals surface area (Å²) in [6, 6.07) is 2.81. The Labute approximate surface area is 96.6 Å². The van der Waals surface area contributed by atoms with Gasteiger partial charge in [-0.25, -0.2) is 4.79 Å². The molecule has 1 aromatic carbocycles. The van der Waals surface area contributed by atoms with Crippen molar-refractivity contribution in [2.24, 2.45) is 0 Å². The van der Waals surface area contributed by atoms with Crippen molar-refractivity contribution >= 4 is 35.0 Å². The average Bonchev–Trinajstić information content (AvgIpc) is 2.15. The molecule has 0 heterocycles. The van der Waals surface area contributed by atoms with Gasteiger partial charge in [-0.3, -0.25) is 4.79 Å². The first-order chi connectivity index (χ1) is 6.97. The average molecular weight is 247 g/mol. The summed E-state index contributed by atoms with van der Waals surface area (Å²) >= 11 is 11.6. The molecule has 5 heteroatoms. The van der Waals surface area contributed by atoms with Crippen LogP contribution in [-0.4, -0.2) is 16.9 Å². The molecule has 0 amide bonds. The molecule has 0 saturated carbocycles. The molecule has 0 spiro atoms. The van der Waals surface area contributed by atoms with Crippen molar-refractivity contribution in [2.75, 3.05) is 0 Å². The van der Waals surface area contributed by atoms with E-state index in [1.807, 2.05) is 0 Å². The molecular weight excluding hydrogens is 239 g/mol. The maximum Gasteiger partial charge on any atom is 0.377 e. The minimum absolute atomic E-state index is 0.0579. The third-order valence-corrected chi connectivity index (χ3v) is 2.51. The number of carbonyl (C=O) groups excluding carboxylic acids is 1. The second kappa shape index (κ2) is 4.64. The van der Waals surface area contributed by atoms with E-state index in [1.54, 1.807) is 6.92 Å². The van der Waals surface area contributed by atoms with Crippen LogP contribution < -0.4 is 0 Å². The molecule has 15 heavy (non-hydrogen) atoms. The monoisotopic (exact) mass is 246 g/mol. The molecule has 0 aliphatic heterocycles. The number of halogens is 2. The minimum Gasteiger partial charge on any atom is -0.475 e. The number of hydrogen-bond acceptors (Lipinski definition) is 2. The highest BCUT2D eigenvalue weighted by Crippen LogP contribution is 2.26. The molecule has 3 nitrogen and oxygen atoms in total. The Hall–Kier alpha value is -1.06. The van der Waals surface area contributed by atoms with E-state index in [2.05, 4.69) is 0 Å². The van der Waals surface area contributed by atoms with E-state index in [0.717, 1.165) is 0 Å². The Morgan fingerprint density at radius 2 is 1.93 bits per heavy atom. The molecule has 0 saturated heterocycles. The van der Waals surface area contributed by atoms with Gasteiger partial charge in [-0.15, -0.1) is 0 Å². The number of carboxylic acid groups (broad SMARTS) is 1. The molecule has 1 N–H and O–H groups in total. The number of aliphatic carboxylic acids is 1. The second-order valence-corrected chi connectivity index (χ2v) is 3.75. The molecule has 0 atom stereocenters. The molecule has 0 aliphatic rings. The molecule has 1 rings (SSSR count). The molecule has 0 aliphatic carbocycles. The largest absolute Gasteiger partial charge is 0.475 e. The van der Waals surface area contributed by atoms with E-state index in [1.165, 1.54) is 12.1 Å². The smallest absolute Gasteiger partial charge is 0.377 e. The quantitative estimate of drug-likeness (QED) is 0.660. The number of ketones is 1. The van der Waals surface area contributed by atoms with Crippen LogP contribution in [0.25, 0.3) is 0 Å². The van der Waals surface area contributed by atoms with Gasteiger partial charge in [0, 0.05) is 15.6 Å². The van der Waals surface area contributed by atoms with Gasteiger partial charge in [0.05, 0.1) is 0 Å². The van der Waals surface area contributed by atoms with Crippen molar-refractivity contribution < 1.29 is 14.7 Å². The summed E-state index contributed by atoms with van der Waals surface area (Å²) in [6.45, 7) is 1.79. The van der Waals surface area contributed by atoms with Crippen LogP contribution in [0.15, 0.2) is 12.1 Å². The fourth-order valence-electron chi connectivity index (χ4n) is 1.28. The zero-order valence-corrected chi connectivity index (χ0v) is 9.39. The van der Waals surface area contributed by atoms with Crippen LogP contribution in [-0.2, 0) is 11.2 Å². The fourth-order valence-corrected chi connectivity index (χ4v) is 1.91. The highest BCUT2D eigenvalue weighted by atomic mass is 35.5. The standard InChI is InChI=1S/C10H8Cl2O3/c1-2-6-7(9(13)10(14)15)3-5(11)4-8(6)12/h3-4H,2H2,1H3,(H,14,15). The van der Waals surface area contributed by atoms with Crippen LogP contribution >= 0.6 is 23.2 Å². The van der Waals surface area contributed by atoms with Crippen molar-refractivity contribution in [3.05, 3.63) is 33.3 Å². The van der Waals surface area contributed by atoms with Crippen LogP contribution in [0.1, 0.15) is 22.8 Å². The minimum atomic E-state index is -1.51. The maximum atomic E-state index is 11.3. The highest BCUT2D eigenvalue weighted by Gasteiger charge is 2.20. The summed E-state index contributed by atoms with van der Waals surface area (Å²) in [6.07, 6.45) is 0.477. The SMILES string of the molecule is CCc1c(Cl)cc(Cl)cc1C(=O)C(=O)O. The number of Topliss-reactive ketones (excluding diaryl/α,β-unsaturated/α-hetero) is 1. The lowest BCUT2D eigenvalue weighted by Gasteiger charge is -2.07. The Kier molecular flexibility index (Phi) is 3.72. The number of benzene rings is 1. The van der Waals surface area contributed by atoms with Gasteiger partial charge in [-0.1, -0.05) is 30.1 Å². The second-order valence-electron chi connectivity index (χ2n) is 2.90. The summed E-state index contributed by atoms with van der Waals surface area (Å²) in [5.41, 5.74) is 0.566.